The lowest BCUT2D eigenvalue weighted by Gasteiger charge is -2.13. The van der Waals surface area contributed by atoms with Crippen LogP contribution in [0.5, 0.6) is 0 Å². The first-order valence-corrected chi connectivity index (χ1v) is 8.70. The van der Waals surface area contributed by atoms with Crippen LogP contribution in [0.1, 0.15) is 17.7 Å². The second kappa shape index (κ2) is 6.91. The van der Waals surface area contributed by atoms with E-state index in [1.165, 1.54) is 13.0 Å². The van der Waals surface area contributed by atoms with Crippen molar-refractivity contribution in [2.75, 3.05) is 12.9 Å². The molecule has 4 nitrogen and oxygen atoms in total. The number of sulfone groups is 1. The van der Waals surface area contributed by atoms with E-state index in [4.69, 9.17) is 0 Å². The number of methoxy groups -OCH3 is 1. The Kier molecular flexibility index (Phi) is 5.15. The Morgan fingerprint density at radius 3 is 2.30 bits per heavy atom. The molecular formula is C17H17FO4S. The first kappa shape index (κ1) is 17.1. The molecule has 0 saturated heterocycles. The fourth-order valence-corrected chi connectivity index (χ4v) is 3.45. The van der Waals surface area contributed by atoms with Crippen LogP contribution in [0, 0.1) is 5.82 Å². The maximum Gasteiger partial charge on any atom is 0.320 e. The highest BCUT2D eigenvalue weighted by Crippen LogP contribution is 2.27. The van der Waals surface area contributed by atoms with Crippen molar-refractivity contribution in [1.29, 1.82) is 0 Å². The van der Waals surface area contributed by atoms with Crippen LogP contribution in [0.2, 0.25) is 0 Å². The maximum atomic E-state index is 13.8. The number of benzene rings is 2. The molecule has 0 fully saturated rings. The molecule has 0 aliphatic carbocycles. The molecule has 1 atom stereocenters. The third-order valence-electron chi connectivity index (χ3n) is 3.65. The van der Waals surface area contributed by atoms with Gasteiger partial charge < -0.3 is 4.74 Å². The van der Waals surface area contributed by atoms with E-state index in [0.29, 0.717) is 16.7 Å². The normalized spacial score (nSPS) is 12.7. The van der Waals surface area contributed by atoms with Crippen LogP contribution in [0.3, 0.4) is 0 Å². The van der Waals surface area contributed by atoms with Crippen molar-refractivity contribution >= 4 is 15.8 Å². The van der Waals surface area contributed by atoms with Crippen LogP contribution in [0.25, 0.3) is 11.1 Å². The van der Waals surface area contributed by atoms with Gasteiger partial charge in [0.25, 0.3) is 0 Å². The van der Waals surface area contributed by atoms with Gasteiger partial charge in [-0.2, -0.15) is 0 Å². The second-order valence-corrected chi connectivity index (χ2v) is 7.45. The average molecular weight is 336 g/mol. The molecule has 0 aliphatic heterocycles. The number of ether oxygens (including phenoxy) is 1. The van der Waals surface area contributed by atoms with Gasteiger partial charge in [-0.15, -0.1) is 0 Å². The topological polar surface area (TPSA) is 60.4 Å². The third kappa shape index (κ3) is 3.96. The standard InChI is InChI=1S/C17H17FO4S/c1-12(23(20,21)11-17(19)22-2)13-7-9-14(10-8-13)15-5-3-4-6-16(15)18/h3-10,12H,11H2,1-2H3. The predicted molar refractivity (Wildman–Crippen MR) is 86.1 cm³/mol. The first-order chi connectivity index (χ1) is 10.8. The van der Waals surface area contributed by atoms with Gasteiger partial charge in [0.1, 0.15) is 11.6 Å². The Hall–Kier alpha value is -2.21. The molecule has 0 N–H and O–H groups in total. The van der Waals surface area contributed by atoms with Crippen LogP contribution in [-0.4, -0.2) is 27.2 Å². The van der Waals surface area contributed by atoms with Crippen molar-refractivity contribution in [3.8, 4) is 11.1 Å². The fourth-order valence-electron chi connectivity index (χ4n) is 2.18. The van der Waals surface area contributed by atoms with E-state index in [1.54, 1.807) is 42.5 Å². The molecule has 122 valence electrons. The summed E-state index contributed by atoms with van der Waals surface area (Å²) in [4.78, 5) is 11.2. The molecular weight excluding hydrogens is 319 g/mol. The van der Waals surface area contributed by atoms with Gasteiger partial charge in [-0.1, -0.05) is 42.5 Å². The zero-order valence-electron chi connectivity index (χ0n) is 12.8. The van der Waals surface area contributed by atoms with E-state index < -0.39 is 26.8 Å². The van der Waals surface area contributed by atoms with E-state index in [1.807, 2.05) is 0 Å². The quantitative estimate of drug-likeness (QED) is 0.787. The predicted octanol–water partition coefficient (Wildman–Crippen LogP) is 3.14. The van der Waals surface area contributed by atoms with Crippen LogP contribution < -0.4 is 0 Å². The number of carbonyl (C=O) groups excluding carboxylic acids is 1. The Balaban J connectivity index is 2.26. The molecule has 0 aliphatic rings. The summed E-state index contributed by atoms with van der Waals surface area (Å²) in [6, 6.07) is 12.9. The van der Waals surface area contributed by atoms with Crippen molar-refractivity contribution in [2.24, 2.45) is 0 Å². The highest BCUT2D eigenvalue weighted by Gasteiger charge is 2.26. The van der Waals surface area contributed by atoms with E-state index in [2.05, 4.69) is 4.74 Å². The van der Waals surface area contributed by atoms with Crippen molar-refractivity contribution in [3.63, 3.8) is 0 Å². The lowest BCUT2D eigenvalue weighted by Crippen LogP contribution is -2.21. The number of rotatable bonds is 5. The number of carbonyl (C=O) groups is 1. The van der Waals surface area contributed by atoms with Gasteiger partial charge in [-0.25, -0.2) is 12.8 Å². The molecule has 2 rings (SSSR count). The molecule has 0 radical (unpaired) electrons. The van der Waals surface area contributed by atoms with E-state index in [-0.39, 0.29) is 5.82 Å². The summed E-state index contributed by atoms with van der Waals surface area (Å²) in [6.45, 7) is 1.51. The van der Waals surface area contributed by atoms with E-state index >= 15 is 0 Å². The summed E-state index contributed by atoms with van der Waals surface area (Å²) in [5, 5.41) is -0.851. The Bertz CT molecular complexity index is 798. The minimum absolute atomic E-state index is 0.341. The molecule has 1 unspecified atom stereocenters. The molecule has 0 bridgehead atoms. The summed E-state index contributed by atoms with van der Waals surface area (Å²) in [6.07, 6.45) is 0. The van der Waals surface area contributed by atoms with Gasteiger partial charge in [-0.3, -0.25) is 4.79 Å². The van der Waals surface area contributed by atoms with Crippen LogP contribution >= 0.6 is 0 Å². The molecule has 0 spiro atoms. The van der Waals surface area contributed by atoms with Gasteiger partial charge in [0.05, 0.1) is 12.4 Å². The van der Waals surface area contributed by atoms with Crippen LogP contribution in [0.4, 0.5) is 4.39 Å². The summed E-state index contributed by atoms with van der Waals surface area (Å²) in [5.74, 6) is -1.80. The van der Waals surface area contributed by atoms with Gasteiger partial charge in [0, 0.05) is 5.56 Å². The lowest BCUT2D eigenvalue weighted by atomic mass is 10.0. The highest BCUT2D eigenvalue weighted by atomic mass is 32.2. The largest absolute Gasteiger partial charge is 0.468 e. The highest BCUT2D eigenvalue weighted by molar-refractivity contribution is 7.92. The number of hydrogen-bond acceptors (Lipinski definition) is 4. The van der Waals surface area contributed by atoms with Gasteiger partial charge >= 0.3 is 5.97 Å². The third-order valence-corrected chi connectivity index (χ3v) is 5.64. The van der Waals surface area contributed by atoms with Gasteiger partial charge in [-0.05, 0) is 24.1 Å². The minimum atomic E-state index is -3.66. The molecule has 2 aromatic rings. The molecule has 0 amide bonds. The van der Waals surface area contributed by atoms with Crippen LogP contribution in [0.15, 0.2) is 48.5 Å². The Morgan fingerprint density at radius 2 is 1.74 bits per heavy atom. The Labute approximate surface area is 134 Å². The summed E-state index contributed by atoms with van der Waals surface area (Å²) in [7, 11) is -2.51. The number of hydrogen-bond donors (Lipinski definition) is 0. The zero-order chi connectivity index (χ0) is 17.0. The molecule has 2 aromatic carbocycles. The summed E-state index contributed by atoms with van der Waals surface area (Å²) < 4.78 is 42.5. The van der Waals surface area contributed by atoms with Gasteiger partial charge in [0.15, 0.2) is 9.84 Å². The zero-order valence-corrected chi connectivity index (χ0v) is 13.6. The molecule has 23 heavy (non-hydrogen) atoms. The SMILES string of the molecule is COC(=O)CS(=O)(=O)C(C)c1ccc(-c2ccccc2F)cc1. The van der Waals surface area contributed by atoms with Gasteiger partial charge in [0.2, 0.25) is 0 Å². The van der Waals surface area contributed by atoms with Crippen molar-refractivity contribution in [1.82, 2.24) is 0 Å². The average Bonchev–Trinajstić information content (AvgIpc) is 2.54. The first-order valence-electron chi connectivity index (χ1n) is 6.98. The smallest absolute Gasteiger partial charge is 0.320 e. The fraction of sp³-hybridized carbons (Fsp3) is 0.235. The second-order valence-electron chi connectivity index (χ2n) is 5.13. The summed E-state index contributed by atoms with van der Waals surface area (Å²) in [5.41, 5.74) is 1.64. The molecule has 0 aromatic heterocycles. The lowest BCUT2D eigenvalue weighted by molar-refractivity contribution is -0.137. The van der Waals surface area contributed by atoms with Crippen molar-refractivity contribution in [3.05, 3.63) is 59.9 Å². The monoisotopic (exact) mass is 336 g/mol. The molecule has 0 saturated carbocycles. The molecule has 0 heterocycles. The summed E-state index contributed by atoms with van der Waals surface area (Å²) >= 11 is 0. The maximum absolute atomic E-state index is 13.8. The van der Waals surface area contributed by atoms with Crippen LogP contribution in [-0.2, 0) is 19.4 Å². The van der Waals surface area contributed by atoms with Crippen molar-refractivity contribution < 1.29 is 22.3 Å². The Morgan fingerprint density at radius 1 is 1.13 bits per heavy atom. The van der Waals surface area contributed by atoms with E-state index in [9.17, 15) is 17.6 Å². The molecule has 6 heteroatoms. The number of halogens is 1. The van der Waals surface area contributed by atoms with Crippen molar-refractivity contribution in [2.45, 2.75) is 12.2 Å². The number of esters is 1. The minimum Gasteiger partial charge on any atom is -0.468 e. The van der Waals surface area contributed by atoms with E-state index in [0.717, 1.165) is 7.11 Å².